The van der Waals surface area contributed by atoms with Crippen molar-refractivity contribution in [1.29, 1.82) is 0 Å². The van der Waals surface area contributed by atoms with Gasteiger partial charge in [0, 0.05) is 10.0 Å². The first-order valence-electron chi connectivity index (χ1n) is 4.50. The van der Waals surface area contributed by atoms with E-state index >= 15 is 0 Å². The molecule has 1 nitrogen and oxygen atoms in total. The van der Waals surface area contributed by atoms with Gasteiger partial charge in [-0.05, 0) is 43.7 Å². The molecule has 0 bridgehead atoms. The molecule has 2 aromatic rings. The molecule has 1 heterocycles. The fourth-order valence-electron chi connectivity index (χ4n) is 1.39. The Labute approximate surface area is 91.9 Å². The molecule has 0 aliphatic rings. The summed E-state index contributed by atoms with van der Waals surface area (Å²) in [4.78, 5) is 0. The Balaban J connectivity index is 2.47. The monoisotopic (exact) mass is 250 g/mol. The van der Waals surface area contributed by atoms with E-state index in [9.17, 15) is 0 Å². The van der Waals surface area contributed by atoms with Gasteiger partial charge in [0.1, 0.15) is 11.5 Å². The molecule has 0 unspecified atom stereocenters. The lowest BCUT2D eigenvalue weighted by atomic mass is 10.1. The number of halogens is 1. The van der Waals surface area contributed by atoms with Crippen LogP contribution in [0.15, 0.2) is 39.2 Å². The standard InChI is InChI=1S/C12H11BrO/c1-8-7-10(4-5-11(8)13)12-6-3-9(2)14-12/h3-7H,1-2H3. The van der Waals surface area contributed by atoms with E-state index < -0.39 is 0 Å². The normalized spacial score (nSPS) is 10.5. The predicted octanol–water partition coefficient (Wildman–Crippen LogP) is 4.33. The highest BCUT2D eigenvalue weighted by Crippen LogP contribution is 2.26. The smallest absolute Gasteiger partial charge is 0.134 e. The third-order valence-corrected chi connectivity index (χ3v) is 3.07. The molecule has 0 fully saturated rings. The molecule has 0 atom stereocenters. The summed E-state index contributed by atoms with van der Waals surface area (Å²) in [7, 11) is 0. The molecule has 0 amide bonds. The summed E-state index contributed by atoms with van der Waals surface area (Å²) in [6, 6.07) is 10.2. The Hall–Kier alpha value is -1.02. The van der Waals surface area contributed by atoms with Crippen LogP contribution in [0.5, 0.6) is 0 Å². The lowest BCUT2D eigenvalue weighted by Crippen LogP contribution is -1.78. The number of benzene rings is 1. The van der Waals surface area contributed by atoms with Crippen LogP contribution in [-0.2, 0) is 0 Å². The zero-order valence-corrected chi connectivity index (χ0v) is 9.76. The van der Waals surface area contributed by atoms with Crippen molar-refractivity contribution in [2.75, 3.05) is 0 Å². The minimum Gasteiger partial charge on any atom is -0.461 e. The Kier molecular flexibility index (Phi) is 2.46. The molecule has 0 saturated heterocycles. The maximum Gasteiger partial charge on any atom is 0.134 e. The first-order valence-corrected chi connectivity index (χ1v) is 5.29. The fraction of sp³-hybridized carbons (Fsp3) is 0.167. The molecule has 1 aromatic heterocycles. The molecule has 0 saturated carbocycles. The molecule has 0 aliphatic carbocycles. The Morgan fingerprint density at radius 1 is 1.07 bits per heavy atom. The summed E-state index contributed by atoms with van der Waals surface area (Å²) < 4.78 is 6.68. The Bertz CT molecular complexity index is 457. The summed E-state index contributed by atoms with van der Waals surface area (Å²) in [5.74, 6) is 1.87. The molecule has 0 radical (unpaired) electrons. The molecule has 0 aliphatic heterocycles. The van der Waals surface area contributed by atoms with E-state index in [1.165, 1.54) is 5.56 Å². The third kappa shape index (κ3) is 1.75. The van der Waals surface area contributed by atoms with Crippen LogP contribution < -0.4 is 0 Å². The Morgan fingerprint density at radius 2 is 1.86 bits per heavy atom. The van der Waals surface area contributed by atoms with Gasteiger partial charge in [-0.1, -0.05) is 22.0 Å². The SMILES string of the molecule is Cc1ccc(-c2ccc(Br)c(C)c2)o1. The van der Waals surface area contributed by atoms with Crippen LogP contribution in [0.2, 0.25) is 0 Å². The first-order chi connectivity index (χ1) is 6.66. The van der Waals surface area contributed by atoms with Crippen molar-refractivity contribution in [3.63, 3.8) is 0 Å². The molecule has 0 N–H and O–H groups in total. The van der Waals surface area contributed by atoms with Crippen LogP contribution in [0.1, 0.15) is 11.3 Å². The predicted molar refractivity (Wildman–Crippen MR) is 61.3 cm³/mol. The van der Waals surface area contributed by atoms with E-state index in [2.05, 4.69) is 35.0 Å². The van der Waals surface area contributed by atoms with Crippen molar-refractivity contribution in [1.82, 2.24) is 0 Å². The molecule has 1 aromatic carbocycles. The second-order valence-electron chi connectivity index (χ2n) is 3.37. The van der Waals surface area contributed by atoms with E-state index in [0.29, 0.717) is 0 Å². The lowest BCUT2D eigenvalue weighted by Gasteiger charge is -2.01. The van der Waals surface area contributed by atoms with Gasteiger partial charge in [-0.15, -0.1) is 0 Å². The topological polar surface area (TPSA) is 13.1 Å². The van der Waals surface area contributed by atoms with E-state index in [1.807, 2.05) is 25.1 Å². The summed E-state index contributed by atoms with van der Waals surface area (Å²) in [5.41, 5.74) is 2.34. The summed E-state index contributed by atoms with van der Waals surface area (Å²) in [5, 5.41) is 0. The van der Waals surface area contributed by atoms with Crippen LogP contribution in [0.25, 0.3) is 11.3 Å². The number of hydrogen-bond acceptors (Lipinski definition) is 1. The van der Waals surface area contributed by atoms with Gasteiger partial charge in [-0.2, -0.15) is 0 Å². The highest BCUT2D eigenvalue weighted by molar-refractivity contribution is 9.10. The van der Waals surface area contributed by atoms with E-state index in [-0.39, 0.29) is 0 Å². The van der Waals surface area contributed by atoms with Gasteiger partial charge in [-0.3, -0.25) is 0 Å². The van der Waals surface area contributed by atoms with E-state index in [0.717, 1.165) is 21.6 Å². The van der Waals surface area contributed by atoms with Crippen LogP contribution in [0.4, 0.5) is 0 Å². The number of aryl methyl sites for hydroxylation is 2. The van der Waals surface area contributed by atoms with Gasteiger partial charge in [0.2, 0.25) is 0 Å². The second-order valence-corrected chi connectivity index (χ2v) is 4.23. The summed E-state index contributed by atoms with van der Waals surface area (Å²) in [6.45, 7) is 4.03. The van der Waals surface area contributed by atoms with Gasteiger partial charge >= 0.3 is 0 Å². The molecule has 2 heteroatoms. The van der Waals surface area contributed by atoms with Crippen LogP contribution in [0.3, 0.4) is 0 Å². The largest absolute Gasteiger partial charge is 0.461 e. The molecule has 72 valence electrons. The summed E-state index contributed by atoms with van der Waals surface area (Å²) in [6.07, 6.45) is 0. The molecular formula is C12H11BrO. The average Bonchev–Trinajstić information content (AvgIpc) is 2.57. The zero-order valence-electron chi connectivity index (χ0n) is 8.17. The third-order valence-electron chi connectivity index (χ3n) is 2.18. The van der Waals surface area contributed by atoms with Crippen molar-refractivity contribution in [2.45, 2.75) is 13.8 Å². The van der Waals surface area contributed by atoms with Gasteiger partial charge in [-0.25, -0.2) is 0 Å². The van der Waals surface area contributed by atoms with E-state index in [1.54, 1.807) is 0 Å². The fourth-order valence-corrected chi connectivity index (χ4v) is 1.63. The van der Waals surface area contributed by atoms with Gasteiger partial charge in [0.25, 0.3) is 0 Å². The van der Waals surface area contributed by atoms with Crippen LogP contribution in [0, 0.1) is 13.8 Å². The van der Waals surface area contributed by atoms with Crippen LogP contribution in [-0.4, -0.2) is 0 Å². The highest BCUT2D eigenvalue weighted by Gasteiger charge is 2.03. The molecular weight excluding hydrogens is 240 g/mol. The summed E-state index contributed by atoms with van der Waals surface area (Å²) >= 11 is 3.48. The maximum atomic E-state index is 5.55. The Morgan fingerprint density at radius 3 is 2.43 bits per heavy atom. The van der Waals surface area contributed by atoms with Crippen molar-refractivity contribution in [3.05, 3.63) is 46.1 Å². The van der Waals surface area contributed by atoms with Gasteiger partial charge in [0.15, 0.2) is 0 Å². The molecule has 14 heavy (non-hydrogen) atoms. The average molecular weight is 251 g/mol. The van der Waals surface area contributed by atoms with Crippen LogP contribution >= 0.6 is 15.9 Å². The van der Waals surface area contributed by atoms with Crippen molar-refractivity contribution in [3.8, 4) is 11.3 Å². The van der Waals surface area contributed by atoms with Gasteiger partial charge < -0.3 is 4.42 Å². The molecule has 2 rings (SSSR count). The minimum atomic E-state index is 0.929. The van der Waals surface area contributed by atoms with Crippen molar-refractivity contribution < 1.29 is 4.42 Å². The number of furan rings is 1. The quantitative estimate of drug-likeness (QED) is 0.735. The second kappa shape index (κ2) is 3.62. The van der Waals surface area contributed by atoms with Gasteiger partial charge in [0.05, 0.1) is 0 Å². The number of rotatable bonds is 1. The first kappa shape index (κ1) is 9.53. The van der Waals surface area contributed by atoms with Crippen molar-refractivity contribution in [2.24, 2.45) is 0 Å². The zero-order chi connectivity index (χ0) is 10.1. The maximum absolute atomic E-state index is 5.55. The van der Waals surface area contributed by atoms with Crippen molar-refractivity contribution >= 4 is 15.9 Å². The van der Waals surface area contributed by atoms with E-state index in [4.69, 9.17) is 4.42 Å². The molecule has 0 spiro atoms. The minimum absolute atomic E-state index is 0.929. The lowest BCUT2D eigenvalue weighted by molar-refractivity contribution is 0.548. The number of hydrogen-bond donors (Lipinski definition) is 0. The highest BCUT2D eigenvalue weighted by atomic mass is 79.9.